The van der Waals surface area contributed by atoms with Crippen LogP contribution in [-0.4, -0.2) is 9.66 Å². The summed E-state index contributed by atoms with van der Waals surface area (Å²) in [6, 6.07) is 0. The molecule has 11 heavy (non-hydrogen) atoms. The zero-order valence-corrected chi connectivity index (χ0v) is 5.39. The molecule has 0 saturated carbocycles. The highest BCUT2D eigenvalue weighted by atomic mass is 16.3. The second kappa shape index (κ2) is 2.37. The van der Waals surface area contributed by atoms with E-state index >= 15 is 0 Å². The Balaban J connectivity index is 3.44. The van der Waals surface area contributed by atoms with Crippen molar-refractivity contribution in [2.45, 2.75) is 0 Å². The Hall–Kier alpha value is -1.92. The molecule has 0 atom stereocenters. The number of nitrogen functional groups attached to an aromatic ring is 2. The van der Waals surface area contributed by atoms with Crippen LogP contribution in [-0.2, 0) is 0 Å². The van der Waals surface area contributed by atoms with Crippen molar-refractivity contribution in [2.75, 3.05) is 11.6 Å². The number of aromatic nitrogens is 2. The number of rotatable bonds is 1. The first-order valence-electron chi connectivity index (χ1n) is 2.62. The summed E-state index contributed by atoms with van der Waals surface area (Å²) in [4.78, 5) is 23.8. The number of hydrogen-bond acceptors (Lipinski definition) is 6. The molecule has 7 heteroatoms. The van der Waals surface area contributed by atoms with Crippen LogP contribution < -0.4 is 17.1 Å². The molecular weight excluding hydrogens is 150 g/mol. The van der Waals surface area contributed by atoms with Crippen molar-refractivity contribution < 1.29 is 0 Å². The summed E-state index contributed by atoms with van der Waals surface area (Å²) >= 11 is 0. The Morgan fingerprint density at radius 3 is 2.82 bits per heavy atom. The highest BCUT2D eigenvalue weighted by Gasteiger charge is 2.02. The van der Waals surface area contributed by atoms with Crippen LogP contribution in [0.25, 0.3) is 0 Å². The van der Waals surface area contributed by atoms with Gasteiger partial charge in [-0.15, -0.1) is 4.91 Å². The fraction of sp³-hybridized carbons (Fsp3) is 0. The maximum absolute atomic E-state index is 10.7. The minimum absolute atomic E-state index is 0.164. The summed E-state index contributed by atoms with van der Waals surface area (Å²) in [5.41, 5.74) is 3.99. The second-order valence-electron chi connectivity index (χ2n) is 1.79. The van der Waals surface area contributed by atoms with Gasteiger partial charge in [-0.1, -0.05) is 0 Å². The van der Waals surface area contributed by atoms with E-state index in [1.54, 1.807) is 0 Å². The van der Waals surface area contributed by atoms with Gasteiger partial charge in [0.25, 0.3) is 0 Å². The highest BCUT2D eigenvalue weighted by Crippen LogP contribution is 2.01. The van der Waals surface area contributed by atoms with Crippen LogP contribution in [0.15, 0.2) is 16.2 Å². The van der Waals surface area contributed by atoms with Crippen molar-refractivity contribution in [2.24, 2.45) is 5.18 Å². The van der Waals surface area contributed by atoms with Crippen LogP contribution in [0.3, 0.4) is 0 Å². The summed E-state index contributed by atoms with van der Waals surface area (Å²) in [5.74, 6) is 4.99. The third kappa shape index (κ3) is 1.16. The quantitative estimate of drug-likeness (QED) is 0.396. The van der Waals surface area contributed by atoms with Crippen LogP contribution in [0.2, 0.25) is 0 Å². The zero-order chi connectivity index (χ0) is 8.43. The lowest BCUT2D eigenvalue weighted by Gasteiger charge is -1.99. The van der Waals surface area contributed by atoms with Gasteiger partial charge in [-0.25, -0.2) is 4.68 Å². The van der Waals surface area contributed by atoms with Gasteiger partial charge in [0, 0.05) is 0 Å². The molecule has 0 fully saturated rings. The van der Waals surface area contributed by atoms with E-state index in [0.29, 0.717) is 0 Å². The molecule has 0 spiro atoms. The van der Waals surface area contributed by atoms with E-state index < -0.39 is 5.56 Å². The van der Waals surface area contributed by atoms with Crippen molar-refractivity contribution in [1.29, 1.82) is 0 Å². The van der Waals surface area contributed by atoms with Crippen molar-refractivity contribution in [1.82, 2.24) is 9.66 Å². The van der Waals surface area contributed by atoms with E-state index in [0.717, 1.165) is 10.9 Å². The van der Waals surface area contributed by atoms with Crippen molar-refractivity contribution in [3.05, 3.63) is 21.5 Å². The maximum Gasteiger partial charge on any atom is 0.304 e. The molecule has 58 valence electrons. The number of hydrogen-bond donors (Lipinski definition) is 2. The maximum atomic E-state index is 10.7. The number of anilines is 1. The molecule has 0 aromatic carbocycles. The molecule has 0 aliphatic rings. The van der Waals surface area contributed by atoms with Crippen LogP contribution in [0, 0.1) is 4.91 Å². The van der Waals surface area contributed by atoms with Crippen LogP contribution >= 0.6 is 0 Å². The Labute approximate surface area is 60.6 Å². The summed E-state index contributed by atoms with van der Waals surface area (Å²) in [7, 11) is 0. The molecular formula is C4H5N5O2. The van der Waals surface area contributed by atoms with E-state index in [2.05, 4.69) is 10.2 Å². The molecule has 0 aliphatic heterocycles. The van der Waals surface area contributed by atoms with E-state index in [9.17, 15) is 9.70 Å². The summed E-state index contributed by atoms with van der Waals surface area (Å²) < 4.78 is 0.845. The molecule has 1 rings (SSSR count). The molecule has 1 heterocycles. The van der Waals surface area contributed by atoms with Gasteiger partial charge in [0.2, 0.25) is 5.95 Å². The fourth-order valence-electron chi connectivity index (χ4n) is 0.535. The topological polar surface area (TPSA) is 116 Å². The fourth-order valence-corrected chi connectivity index (χ4v) is 0.535. The lowest BCUT2D eigenvalue weighted by molar-refractivity contribution is 0.938. The predicted molar refractivity (Wildman–Crippen MR) is 38.5 cm³/mol. The standard InChI is InChI=1S/C4H5N5O2/c5-4-7-3(10)2(8-11)1-9(4)6/h1H,6H2,(H2,5,7,10). The van der Waals surface area contributed by atoms with E-state index in [1.165, 1.54) is 0 Å². The van der Waals surface area contributed by atoms with Gasteiger partial charge in [-0.2, -0.15) is 4.98 Å². The predicted octanol–water partition coefficient (Wildman–Crippen LogP) is -1.06. The van der Waals surface area contributed by atoms with Crippen molar-refractivity contribution in [3.63, 3.8) is 0 Å². The Bertz CT molecular complexity index is 343. The molecule has 4 N–H and O–H groups in total. The van der Waals surface area contributed by atoms with Gasteiger partial charge >= 0.3 is 5.56 Å². The third-order valence-corrected chi connectivity index (χ3v) is 1.06. The van der Waals surface area contributed by atoms with Gasteiger partial charge in [0.15, 0.2) is 5.69 Å². The Morgan fingerprint density at radius 2 is 2.27 bits per heavy atom. The van der Waals surface area contributed by atoms with Gasteiger partial charge in [-0.05, 0) is 5.18 Å². The van der Waals surface area contributed by atoms with Gasteiger partial charge in [0.1, 0.15) is 0 Å². The summed E-state index contributed by atoms with van der Waals surface area (Å²) in [6.07, 6.45) is 1.01. The lowest BCUT2D eigenvalue weighted by atomic mass is 10.5. The summed E-state index contributed by atoms with van der Waals surface area (Å²) in [6.45, 7) is 0. The van der Waals surface area contributed by atoms with Crippen LogP contribution in [0.1, 0.15) is 0 Å². The zero-order valence-electron chi connectivity index (χ0n) is 5.39. The average Bonchev–Trinajstić information content (AvgIpc) is 1.97. The van der Waals surface area contributed by atoms with Gasteiger partial charge < -0.3 is 11.6 Å². The number of nitrogens with zero attached hydrogens (tertiary/aromatic N) is 3. The molecule has 1 aromatic heterocycles. The monoisotopic (exact) mass is 155 g/mol. The molecule has 0 saturated heterocycles. The molecule has 7 nitrogen and oxygen atoms in total. The minimum Gasteiger partial charge on any atom is -0.368 e. The molecule has 0 unspecified atom stereocenters. The second-order valence-corrected chi connectivity index (χ2v) is 1.79. The molecule has 0 aliphatic carbocycles. The first-order chi connectivity index (χ1) is 5.15. The van der Waals surface area contributed by atoms with E-state index in [4.69, 9.17) is 11.6 Å². The van der Waals surface area contributed by atoms with Crippen LogP contribution in [0.4, 0.5) is 11.6 Å². The smallest absolute Gasteiger partial charge is 0.304 e. The Morgan fingerprint density at radius 1 is 1.64 bits per heavy atom. The number of nitroso groups, excluding NO2 is 1. The lowest BCUT2D eigenvalue weighted by Crippen LogP contribution is -2.21. The van der Waals surface area contributed by atoms with Crippen molar-refractivity contribution >= 4 is 11.6 Å². The SMILES string of the molecule is Nc1nc(=O)c(N=O)cn1N. The average molecular weight is 155 g/mol. The minimum atomic E-state index is -0.779. The largest absolute Gasteiger partial charge is 0.368 e. The first-order valence-corrected chi connectivity index (χ1v) is 2.62. The van der Waals surface area contributed by atoms with Gasteiger partial charge in [0.05, 0.1) is 6.20 Å². The van der Waals surface area contributed by atoms with E-state index in [1.807, 2.05) is 0 Å². The molecule has 0 bridgehead atoms. The molecule has 1 aromatic rings. The van der Waals surface area contributed by atoms with Crippen molar-refractivity contribution in [3.8, 4) is 0 Å². The third-order valence-electron chi connectivity index (χ3n) is 1.06. The number of nitrogens with two attached hydrogens (primary N) is 2. The van der Waals surface area contributed by atoms with Crippen LogP contribution in [0.5, 0.6) is 0 Å². The Kier molecular flexibility index (Phi) is 1.55. The normalized spacial score (nSPS) is 9.45. The first kappa shape index (κ1) is 7.19. The molecule has 0 amide bonds. The molecule has 0 radical (unpaired) electrons. The highest BCUT2D eigenvalue weighted by molar-refractivity contribution is 5.34. The summed E-state index contributed by atoms with van der Waals surface area (Å²) in [5, 5.41) is 2.39. The van der Waals surface area contributed by atoms with E-state index in [-0.39, 0.29) is 11.6 Å². The van der Waals surface area contributed by atoms with Gasteiger partial charge in [-0.3, -0.25) is 4.79 Å².